The van der Waals surface area contributed by atoms with Gasteiger partial charge in [0, 0.05) is 17.8 Å². The molecule has 24 heavy (non-hydrogen) atoms. The molecule has 3 rings (SSSR count). The number of aromatic nitrogens is 2. The van der Waals surface area contributed by atoms with Crippen LogP contribution in [0.1, 0.15) is 5.56 Å². The van der Waals surface area contributed by atoms with Crippen LogP contribution < -0.4 is 15.7 Å². The average Bonchev–Trinajstić information content (AvgIpc) is 2.57. The first-order valence-corrected chi connectivity index (χ1v) is 7.37. The molecule has 0 amide bonds. The quantitative estimate of drug-likeness (QED) is 0.749. The van der Waals surface area contributed by atoms with Crippen LogP contribution in [0.25, 0.3) is 10.8 Å². The minimum atomic E-state index is -0.418. The molecule has 0 atom stereocenters. The van der Waals surface area contributed by atoms with Crippen molar-refractivity contribution in [2.24, 2.45) is 0 Å². The monoisotopic (exact) mass is 329 g/mol. The van der Waals surface area contributed by atoms with E-state index in [0.29, 0.717) is 16.5 Å². The number of fused-ring (bicyclic) bond motifs is 1. The van der Waals surface area contributed by atoms with Crippen LogP contribution in [0, 0.1) is 12.7 Å². The molecule has 124 valence electrons. The van der Waals surface area contributed by atoms with Crippen molar-refractivity contribution in [1.29, 1.82) is 0 Å². The molecule has 6 nitrogen and oxygen atoms in total. The molecule has 0 bridgehead atoms. The van der Waals surface area contributed by atoms with Gasteiger partial charge in [0.25, 0.3) is 5.56 Å². The molecule has 0 fully saturated rings. The zero-order chi connectivity index (χ0) is 17.1. The Labute approximate surface area is 137 Å². The van der Waals surface area contributed by atoms with E-state index in [1.165, 1.54) is 18.5 Å². The van der Waals surface area contributed by atoms with Gasteiger partial charge in [0.1, 0.15) is 12.4 Å². The highest BCUT2D eigenvalue weighted by Crippen LogP contribution is 2.24. The fourth-order valence-electron chi connectivity index (χ4n) is 2.37. The molecule has 0 aliphatic heterocycles. The van der Waals surface area contributed by atoms with Gasteiger partial charge >= 0.3 is 0 Å². The summed E-state index contributed by atoms with van der Waals surface area (Å²) in [7, 11) is 0. The second-order valence-electron chi connectivity index (χ2n) is 5.26. The lowest BCUT2D eigenvalue weighted by atomic mass is 10.1. The number of hydrogen-bond acceptors (Lipinski definition) is 5. The normalized spacial score (nSPS) is 10.8. The van der Waals surface area contributed by atoms with Crippen molar-refractivity contribution in [3.05, 3.63) is 64.6 Å². The van der Waals surface area contributed by atoms with Gasteiger partial charge in [0.2, 0.25) is 0 Å². The number of pyridine rings is 2. The van der Waals surface area contributed by atoms with Crippen LogP contribution in [0.3, 0.4) is 0 Å². The Morgan fingerprint density at radius 3 is 2.88 bits per heavy atom. The Kier molecular flexibility index (Phi) is 4.43. The van der Waals surface area contributed by atoms with Crippen molar-refractivity contribution in [2.45, 2.75) is 6.92 Å². The predicted molar refractivity (Wildman–Crippen MR) is 89.0 cm³/mol. The Bertz CT molecular complexity index is 940. The first kappa shape index (κ1) is 15.9. The number of anilines is 2. The van der Waals surface area contributed by atoms with Crippen LogP contribution in [0.5, 0.6) is 0 Å². The van der Waals surface area contributed by atoms with Crippen molar-refractivity contribution >= 4 is 22.1 Å². The highest BCUT2D eigenvalue weighted by molar-refractivity contribution is 5.93. The number of nitrogens with zero attached hydrogens (tertiary/aromatic N) is 2. The number of rotatable bonds is 5. The fraction of sp³-hybridized carbons (Fsp3) is 0.176. The van der Waals surface area contributed by atoms with Gasteiger partial charge in [0.05, 0.1) is 29.6 Å². The average molecular weight is 329 g/mol. The van der Waals surface area contributed by atoms with Crippen LogP contribution in [-0.4, -0.2) is 28.0 Å². The lowest BCUT2D eigenvalue weighted by Gasteiger charge is -2.12. The van der Waals surface area contributed by atoms with Crippen molar-refractivity contribution in [3.63, 3.8) is 0 Å². The summed E-state index contributed by atoms with van der Waals surface area (Å²) in [5.41, 5.74) is 1.01. The summed E-state index contributed by atoms with van der Waals surface area (Å²) >= 11 is 0. The lowest BCUT2D eigenvalue weighted by Crippen LogP contribution is -2.28. The maximum atomic E-state index is 14.1. The Hall–Kier alpha value is -2.93. The highest BCUT2D eigenvalue weighted by Gasteiger charge is 2.11. The number of hydrogen-bond donors (Lipinski definition) is 2. The van der Waals surface area contributed by atoms with Crippen molar-refractivity contribution in [3.8, 4) is 0 Å². The largest absolute Gasteiger partial charge is 0.408 e. The molecule has 0 unspecified atom stereocenters. The third-order valence-electron chi connectivity index (χ3n) is 3.49. The van der Waals surface area contributed by atoms with E-state index >= 15 is 0 Å². The molecule has 0 saturated carbocycles. The summed E-state index contributed by atoms with van der Waals surface area (Å²) in [5.74, 6) is -0.417. The summed E-state index contributed by atoms with van der Waals surface area (Å²) in [4.78, 5) is 21.8. The molecule has 2 heterocycles. The van der Waals surface area contributed by atoms with Gasteiger partial charge in [-0.05, 0) is 30.7 Å². The van der Waals surface area contributed by atoms with Crippen LogP contribution in [0.15, 0.2) is 47.7 Å². The van der Waals surface area contributed by atoms with Crippen molar-refractivity contribution in [2.75, 3.05) is 18.5 Å². The summed E-state index contributed by atoms with van der Waals surface area (Å²) in [6.45, 7) is 1.58. The van der Waals surface area contributed by atoms with Crippen LogP contribution in [-0.2, 0) is 0 Å². The van der Waals surface area contributed by atoms with Gasteiger partial charge in [-0.25, -0.2) is 4.39 Å². The molecule has 0 saturated heterocycles. The zero-order valence-electron chi connectivity index (χ0n) is 13.0. The molecule has 0 radical (unpaired) electrons. The standard InChI is InChI=1S/C17H16FN3O3/c1-11-2-3-14(13(18)8-11)20-15-10-19-9-12-4-5-21(24-7-6-22)17(23)16(12)15/h2-5,8-10,20,22H,6-7H2,1H3. The first-order chi connectivity index (χ1) is 11.6. The van der Waals surface area contributed by atoms with Crippen molar-refractivity contribution in [1.82, 2.24) is 9.71 Å². The number of aliphatic hydroxyl groups is 1. The van der Waals surface area contributed by atoms with Gasteiger partial charge in [0.15, 0.2) is 0 Å². The second kappa shape index (κ2) is 6.67. The predicted octanol–water partition coefficient (Wildman–Crippen LogP) is 2.01. The maximum absolute atomic E-state index is 14.1. The molecule has 0 aliphatic rings. The smallest absolute Gasteiger partial charge is 0.293 e. The summed E-state index contributed by atoms with van der Waals surface area (Å²) in [6.07, 6.45) is 4.46. The van der Waals surface area contributed by atoms with Gasteiger partial charge in [-0.2, -0.15) is 4.73 Å². The summed E-state index contributed by atoms with van der Waals surface area (Å²) in [5, 5.41) is 12.7. The number of aryl methyl sites for hydroxylation is 1. The first-order valence-electron chi connectivity index (χ1n) is 7.37. The Morgan fingerprint density at radius 2 is 2.12 bits per heavy atom. The minimum absolute atomic E-state index is 0.00809. The van der Waals surface area contributed by atoms with E-state index in [1.807, 2.05) is 0 Å². The second-order valence-corrected chi connectivity index (χ2v) is 5.26. The molecule has 2 aromatic heterocycles. The van der Waals surface area contributed by atoms with Crippen LogP contribution in [0.4, 0.5) is 15.8 Å². The SMILES string of the molecule is Cc1ccc(Nc2cncc3ccn(OCCO)c(=O)c23)c(F)c1. The van der Waals surface area contributed by atoms with E-state index < -0.39 is 11.4 Å². The van der Waals surface area contributed by atoms with Crippen LogP contribution in [0.2, 0.25) is 0 Å². The topological polar surface area (TPSA) is 76.4 Å². The minimum Gasteiger partial charge on any atom is -0.408 e. The molecule has 0 spiro atoms. The third kappa shape index (κ3) is 3.07. The molecular weight excluding hydrogens is 313 g/mol. The Balaban J connectivity index is 2.08. The molecule has 3 aromatic rings. The van der Waals surface area contributed by atoms with Gasteiger partial charge in [-0.1, -0.05) is 6.07 Å². The van der Waals surface area contributed by atoms with Gasteiger partial charge in [-0.15, -0.1) is 0 Å². The van der Waals surface area contributed by atoms with Gasteiger partial charge < -0.3 is 15.3 Å². The summed E-state index contributed by atoms with van der Waals surface area (Å²) in [6, 6.07) is 6.45. The Morgan fingerprint density at radius 1 is 1.29 bits per heavy atom. The van der Waals surface area contributed by atoms with E-state index in [2.05, 4.69) is 10.3 Å². The van der Waals surface area contributed by atoms with E-state index in [9.17, 15) is 9.18 Å². The van der Waals surface area contributed by atoms with Crippen LogP contribution >= 0.6 is 0 Å². The number of nitrogens with one attached hydrogen (secondary N) is 1. The number of aliphatic hydroxyl groups excluding tert-OH is 1. The van der Waals surface area contributed by atoms with E-state index in [0.717, 1.165) is 10.3 Å². The number of halogens is 1. The molecule has 2 N–H and O–H groups in total. The molecule has 7 heteroatoms. The fourth-order valence-corrected chi connectivity index (χ4v) is 2.37. The van der Waals surface area contributed by atoms with E-state index in [4.69, 9.17) is 9.94 Å². The molecular formula is C17H16FN3O3. The van der Waals surface area contributed by atoms with Gasteiger partial charge in [-0.3, -0.25) is 9.78 Å². The molecule has 0 aliphatic carbocycles. The highest BCUT2D eigenvalue weighted by atomic mass is 19.1. The van der Waals surface area contributed by atoms with Crippen molar-refractivity contribution < 1.29 is 14.3 Å². The summed E-state index contributed by atoms with van der Waals surface area (Å²) < 4.78 is 15.1. The third-order valence-corrected chi connectivity index (χ3v) is 3.49. The van der Waals surface area contributed by atoms with E-state index in [1.54, 1.807) is 31.3 Å². The number of benzene rings is 1. The molecule has 1 aromatic carbocycles. The lowest BCUT2D eigenvalue weighted by molar-refractivity contribution is 0.0701. The maximum Gasteiger partial charge on any atom is 0.293 e. The van der Waals surface area contributed by atoms with E-state index in [-0.39, 0.29) is 18.9 Å². The zero-order valence-corrected chi connectivity index (χ0v) is 13.0.